The number of hydrogen-bond acceptors (Lipinski definition) is 4. The Morgan fingerprint density at radius 1 is 0.882 bits per heavy atom. The second-order valence-corrected chi connectivity index (χ2v) is 11.9. The normalized spacial score (nSPS) is 11.7. The first kappa shape index (κ1) is 25.4. The average Bonchev–Trinajstić information content (AvgIpc) is 3.08. The highest BCUT2D eigenvalue weighted by Gasteiger charge is 2.19. The SMILES string of the molecule is Cc1c(CCNc2cc(Cl)c(Cl)cc2NS(=O)(=O)c2ccc(Cl)c(Cl)c2)sc2ccc(F)cc12. The maximum Gasteiger partial charge on any atom is 0.262 e. The van der Waals surface area contributed by atoms with Crippen molar-refractivity contribution in [3.63, 3.8) is 0 Å². The van der Waals surface area contributed by atoms with Gasteiger partial charge >= 0.3 is 0 Å². The average molecular weight is 578 g/mol. The summed E-state index contributed by atoms with van der Waals surface area (Å²) in [6.07, 6.45) is 0.645. The Balaban J connectivity index is 1.56. The quantitative estimate of drug-likeness (QED) is 0.232. The predicted octanol–water partition coefficient (Wildman–Crippen LogP) is 8.42. The minimum Gasteiger partial charge on any atom is -0.383 e. The van der Waals surface area contributed by atoms with Crippen molar-refractivity contribution in [1.82, 2.24) is 0 Å². The fourth-order valence-corrected chi connectivity index (χ4v) is 6.40. The molecule has 11 heteroatoms. The van der Waals surface area contributed by atoms with Gasteiger partial charge in [0.15, 0.2) is 0 Å². The molecule has 178 valence electrons. The van der Waals surface area contributed by atoms with Crippen LogP contribution in [0.5, 0.6) is 0 Å². The number of hydrogen-bond donors (Lipinski definition) is 2. The van der Waals surface area contributed by atoms with E-state index in [0.717, 1.165) is 20.5 Å². The molecule has 3 aromatic carbocycles. The fourth-order valence-electron chi connectivity index (χ4n) is 3.42. The smallest absolute Gasteiger partial charge is 0.262 e. The van der Waals surface area contributed by atoms with Gasteiger partial charge in [-0.1, -0.05) is 46.4 Å². The van der Waals surface area contributed by atoms with Crippen LogP contribution < -0.4 is 10.0 Å². The molecule has 4 rings (SSSR count). The van der Waals surface area contributed by atoms with E-state index in [0.29, 0.717) is 18.7 Å². The number of sulfonamides is 1. The zero-order valence-corrected chi connectivity index (χ0v) is 22.2. The highest BCUT2D eigenvalue weighted by atomic mass is 35.5. The molecular weight excluding hydrogens is 561 g/mol. The third-order valence-corrected chi connectivity index (χ3v) is 9.33. The van der Waals surface area contributed by atoms with Crippen LogP contribution >= 0.6 is 57.7 Å². The molecule has 0 fully saturated rings. The molecule has 1 aromatic heterocycles. The van der Waals surface area contributed by atoms with E-state index in [2.05, 4.69) is 10.0 Å². The summed E-state index contributed by atoms with van der Waals surface area (Å²) in [5.41, 5.74) is 1.72. The van der Waals surface area contributed by atoms with Gasteiger partial charge < -0.3 is 5.32 Å². The van der Waals surface area contributed by atoms with Crippen LogP contribution in [0.1, 0.15) is 10.4 Å². The van der Waals surface area contributed by atoms with Crippen LogP contribution in [0, 0.1) is 12.7 Å². The van der Waals surface area contributed by atoms with Crippen LogP contribution in [-0.4, -0.2) is 15.0 Å². The molecule has 0 saturated carbocycles. The van der Waals surface area contributed by atoms with Crippen molar-refractivity contribution >= 4 is 89.2 Å². The van der Waals surface area contributed by atoms with Gasteiger partial charge in [0.2, 0.25) is 0 Å². The summed E-state index contributed by atoms with van der Waals surface area (Å²) in [4.78, 5) is 1.05. The molecule has 34 heavy (non-hydrogen) atoms. The second-order valence-electron chi connectivity index (χ2n) is 7.46. The molecule has 0 atom stereocenters. The number of benzene rings is 3. The first-order valence-electron chi connectivity index (χ1n) is 9.93. The lowest BCUT2D eigenvalue weighted by molar-refractivity contribution is 0.601. The molecule has 0 aliphatic rings. The number of fused-ring (bicyclic) bond motifs is 1. The fraction of sp³-hybridized carbons (Fsp3) is 0.130. The van der Waals surface area contributed by atoms with Crippen molar-refractivity contribution in [3.05, 3.63) is 84.9 Å². The van der Waals surface area contributed by atoms with E-state index >= 15 is 0 Å². The molecule has 4 aromatic rings. The molecule has 0 spiro atoms. The third kappa shape index (κ3) is 5.40. The van der Waals surface area contributed by atoms with E-state index < -0.39 is 10.0 Å². The van der Waals surface area contributed by atoms with E-state index in [1.54, 1.807) is 23.5 Å². The van der Waals surface area contributed by atoms with Crippen molar-refractivity contribution in [1.29, 1.82) is 0 Å². The zero-order valence-electron chi connectivity index (χ0n) is 17.6. The maximum absolute atomic E-state index is 13.6. The second kappa shape index (κ2) is 10.1. The topological polar surface area (TPSA) is 58.2 Å². The zero-order chi connectivity index (χ0) is 24.6. The van der Waals surface area contributed by atoms with Gasteiger partial charge in [0.05, 0.1) is 36.4 Å². The molecule has 0 amide bonds. The lowest BCUT2D eigenvalue weighted by Crippen LogP contribution is -2.15. The molecule has 0 aliphatic heterocycles. The molecule has 0 unspecified atom stereocenters. The van der Waals surface area contributed by atoms with Gasteiger partial charge in [-0.2, -0.15) is 0 Å². The lowest BCUT2D eigenvalue weighted by Gasteiger charge is -2.16. The van der Waals surface area contributed by atoms with Gasteiger partial charge in [0.1, 0.15) is 5.82 Å². The molecule has 0 aliphatic carbocycles. The van der Waals surface area contributed by atoms with Crippen LogP contribution in [0.2, 0.25) is 20.1 Å². The standard InChI is InChI=1S/C23H17Cl4FN2O2S2/c1-12-15-8-13(28)2-5-23(15)33-22(12)6-7-29-20-10-18(26)19(27)11-21(20)30-34(31,32)14-3-4-16(24)17(25)9-14/h2-5,8-11,29-30H,6-7H2,1H3. The summed E-state index contributed by atoms with van der Waals surface area (Å²) < 4.78 is 43.0. The summed E-state index contributed by atoms with van der Waals surface area (Å²) in [6, 6.07) is 11.8. The summed E-state index contributed by atoms with van der Waals surface area (Å²) in [7, 11) is -3.98. The third-order valence-electron chi connectivity index (χ3n) is 5.17. The maximum atomic E-state index is 13.6. The molecular formula is C23H17Cl4FN2O2S2. The van der Waals surface area contributed by atoms with E-state index in [4.69, 9.17) is 46.4 Å². The van der Waals surface area contributed by atoms with Crippen molar-refractivity contribution in [2.75, 3.05) is 16.6 Å². The lowest BCUT2D eigenvalue weighted by atomic mass is 10.1. The Morgan fingerprint density at radius 2 is 1.56 bits per heavy atom. The Labute approximate surface area is 220 Å². The van der Waals surface area contributed by atoms with Gasteiger partial charge in [0.25, 0.3) is 10.0 Å². The Hall–Kier alpha value is -1.74. The Morgan fingerprint density at radius 3 is 2.26 bits per heavy atom. The summed E-state index contributed by atoms with van der Waals surface area (Å²) in [5, 5.41) is 4.95. The highest BCUT2D eigenvalue weighted by molar-refractivity contribution is 7.92. The number of rotatable bonds is 7. The van der Waals surface area contributed by atoms with Gasteiger partial charge in [-0.3, -0.25) is 4.72 Å². The van der Waals surface area contributed by atoms with Crippen molar-refractivity contribution in [2.45, 2.75) is 18.2 Å². The first-order chi connectivity index (χ1) is 16.0. The summed E-state index contributed by atoms with van der Waals surface area (Å²) in [5.74, 6) is -0.271. The molecule has 0 saturated heterocycles. The number of nitrogens with one attached hydrogen (secondary N) is 2. The largest absolute Gasteiger partial charge is 0.383 e. The monoisotopic (exact) mass is 576 g/mol. The Bertz CT molecular complexity index is 1510. The number of halogens is 5. The first-order valence-corrected chi connectivity index (χ1v) is 13.7. The van der Waals surface area contributed by atoms with Gasteiger partial charge in [-0.25, -0.2) is 12.8 Å². The Kier molecular flexibility index (Phi) is 7.53. The minimum atomic E-state index is -3.98. The van der Waals surface area contributed by atoms with E-state index in [-0.39, 0.29) is 36.5 Å². The number of anilines is 2. The van der Waals surface area contributed by atoms with E-state index in [1.165, 1.54) is 36.4 Å². The molecule has 2 N–H and O–H groups in total. The van der Waals surface area contributed by atoms with Crippen molar-refractivity contribution in [3.8, 4) is 0 Å². The van der Waals surface area contributed by atoms with Crippen molar-refractivity contribution in [2.24, 2.45) is 0 Å². The summed E-state index contributed by atoms with van der Waals surface area (Å²) in [6.45, 7) is 2.44. The number of aryl methyl sites for hydroxylation is 1. The van der Waals surface area contributed by atoms with Crippen LogP contribution in [0.15, 0.2) is 53.4 Å². The number of thiophene rings is 1. The predicted molar refractivity (Wildman–Crippen MR) is 142 cm³/mol. The highest BCUT2D eigenvalue weighted by Crippen LogP contribution is 2.35. The molecule has 0 bridgehead atoms. The molecule has 1 heterocycles. The minimum absolute atomic E-state index is 0.0490. The molecule has 4 nitrogen and oxygen atoms in total. The van der Waals surface area contributed by atoms with Crippen LogP contribution in [0.3, 0.4) is 0 Å². The van der Waals surface area contributed by atoms with Gasteiger partial charge in [0, 0.05) is 16.1 Å². The molecule has 0 radical (unpaired) electrons. The van der Waals surface area contributed by atoms with Crippen LogP contribution in [-0.2, 0) is 16.4 Å². The van der Waals surface area contributed by atoms with Crippen molar-refractivity contribution < 1.29 is 12.8 Å². The summed E-state index contributed by atoms with van der Waals surface area (Å²) >= 11 is 25.8. The van der Waals surface area contributed by atoms with Crippen LogP contribution in [0.25, 0.3) is 10.1 Å². The van der Waals surface area contributed by atoms with Gasteiger partial charge in [-0.15, -0.1) is 11.3 Å². The van der Waals surface area contributed by atoms with Gasteiger partial charge in [-0.05, 0) is 72.8 Å². The van der Waals surface area contributed by atoms with E-state index in [1.807, 2.05) is 6.92 Å². The van der Waals surface area contributed by atoms with Crippen LogP contribution in [0.4, 0.5) is 15.8 Å². The van der Waals surface area contributed by atoms with E-state index in [9.17, 15) is 12.8 Å².